The van der Waals surface area contributed by atoms with Crippen LogP contribution in [0.2, 0.25) is 0 Å². The maximum Gasteiger partial charge on any atom is 0.220 e. The van der Waals surface area contributed by atoms with Crippen molar-refractivity contribution in [2.24, 2.45) is 11.7 Å². The lowest BCUT2D eigenvalue weighted by molar-refractivity contribution is -0.122. The summed E-state index contributed by atoms with van der Waals surface area (Å²) in [5.41, 5.74) is 7.49. The van der Waals surface area contributed by atoms with E-state index >= 15 is 0 Å². The number of nitrogens with one attached hydrogen (secondary N) is 1. The number of hydrogen-bond donors (Lipinski definition) is 2. The number of aryl methyl sites for hydroxylation is 1. The minimum atomic E-state index is -0.181. The quantitative estimate of drug-likeness (QED) is 0.912. The minimum absolute atomic E-state index is 0.000179. The number of aromatic nitrogens is 1. The van der Waals surface area contributed by atoms with Gasteiger partial charge in [0.1, 0.15) is 5.82 Å². The molecule has 3 N–H and O–H groups in total. The predicted octanol–water partition coefficient (Wildman–Crippen LogP) is 2.29. The van der Waals surface area contributed by atoms with Crippen molar-refractivity contribution in [3.8, 4) is 0 Å². The van der Waals surface area contributed by atoms with Crippen LogP contribution in [0.5, 0.6) is 0 Å². The van der Waals surface area contributed by atoms with Gasteiger partial charge in [0.15, 0.2) is 0 Å². The first kappa shape index (κ1) is 14.6. The molecule has 2 aromatic rings. The highest BCUT2D eigenvalue weighted by atomic mass is 16.1. The molecule has 22 heavy (non-hydrogen) atoms. The Morgan fingerprint density at radius 3 is 2.50 bits per heavy atom. The molecule has 2 heterocycles. The third kappa shape index (κ3) is 2.47. The van der Waals surface area contributed by atoms with Crippen molar-refractivity contribution < 1.29 is 4.79 Å². The topological polar surface area (TPSA) is 71.2 Å². The first-order valence-corrected chi connectivity index (χ1v) is 7.73. The van der Waals surface area contributed by atoms with Gasteiger partial charge >= 0.3 is 0 Å². The van der Waals surface area contributed by atoms with Crippen LogP contribution >= 0.6 is 0 Å². The Morgan fingerprint density at radius 2 is 1.91 bits per heavy atom. The van der Waals surface area contributed by atoms with E-state index in [4.69, 9.17) is 10.7 Å². The fourth-order valence-electron chi connectivity index (χ4n) is 3.30. The monoisotopic (exact) mass is 298 g/mol. The van der Waals surface area contributed by atoms with Crippen LogP contribution in [0.4, 0.5) is 11.5 Å². The molecule has 1 aromatic heterocycles. The zero-order valence-electron chi connectivity index (χ0n) is 13.1. The summed E-state index contributed by atoms with van der Waals surface area (Å²) in [4.78, 5) is 18.4. The van der Waals surface area contributed by atoms with E-state index in [1.807, 2.05) is 26.1 Å². The number of carbonyl (C=O) groups is 1. The first-order valence-electron chi connectivity index (χ1n) is 7.73. The standard InChI is InChI=1S/C17H22N4O/c1-11-15(19-2)13-5-3-4-6-14(13)17(20-11)21-9-7-12(8-10-21)16(18)22/h3-6,12,19H,7-10H2,1-2H3,(H2,18,22). The zero-order valence-corrected chi connectivity index (χ0v) is 13.1. The molecular formula is C17H22N4O. The zero-order chi connectivity index (χ0) is 15.7. The number of primary amides is 1. The second kappa shape index (κ2) is 5.83. The van der Waals surface area contributed by atoms with Gasteiger partial charge in [-0.25, -0.2) is 4.98 Å². The number of hydrogen-bond acceptors (Lipinski definition) is 4. The van der Waals surface area contributed by atoms with Crippen molar-refractivity contribution >= 4 is 28.2 Å². The molecule has 1 amide bonds. The molecule has 0 saturated carbocycles. The Labute approximate surface area is 130 Å². The summed E-state index contributed by atoms with van der Waals surface area (Å²) in [6.07, 6.45) is 1.61. The molecule has 5 nitrogen and oxygen atoms in total. The summed E-state index contributed by atoms with van der Waals surface area (Å²) in [5, 5.41) is 5.58. The molecule has 1 aliphatic heterocycles. The van der Waals surface area contributed by atoms with E-state index in [-0.39, 0.29) is 11.8 Å². The molecule has 0 radical (unpaired) electrons. The maximum absolute atomic E-state index is 11.3. The molecular weight excluding hydrogens is 276 g/mol. The van der Waals surface area contributed by atoms with Gasteiger partial charge in [-0.05, 0) is 19.8 Å². The summed E-state index contributed by atoms with van der Waals surface area (Å²) in [7, 11) is 1.93. The normalized spacial score (nSPS) is 16.0. The number of amides is 1. The van der Waals surface area contributed by atoms with Gasteiger partial charge in [0.05, 0.1) is 11.4 Å². The Bertz CT molecular complexity index is 705. The van der Waals surface area contributed by atoms with Gasteiger partial charge < -0.3 is 16.0 Å². The lowest BCUT2D eigenvalue weighted by Gasteiger charge is -2.32. The van der Waals surface area contributed by atoms with E-state index < -0.39 is 0 Å². The molecule has 1 aromatic carbocycles. The van der Waals surface area contributed by atoms with Gasteiger partial charge in [0, 0.05) is 36.8 Å². The van der Waals surface area contributed by atoms with Crippen molar-refractivity contribution in [2.45, 2.75) is 19.8 Å². The minimum Gasteiger partial charge on any atom is -0.386 e. The van der Waals surface area contributed by atoms with Crippen LogP contribution in [0.1, 0.15) is 18.5 Å². The first-order chi connectivity index (χ1) is 10.6. The smallest absolute Gasteiger partial charge is 0.220 e. The van der Waals surface area contributed by atoms with Crippen molar-refractivity contribution in [1.82, 2.24) is 4.98 Å². The largest absolute Gasteiger partial charge is 0.386 e. The van der Waals surface area contributed by atoms with Crippen molar-refractivity contribution in [3.63, 3.8) is 0 Å². The third-order valence-electron chi connectivity index (χ3n) is 4.52. The van der Waals surface area contributed by atoms with Crippen LogP contribution in [0.15, 0.2) is 24.3 Å². The van der Waals surface area contributed by atoms with Crippen LogP contribution < -0.4 is 16.0 Å². The highest BCUT2D eigenvalue weighted by Crippen LogP contribution is 2.34. The van der Waals surface area contributed by atoms with Crippen molar-refractivity contribution in [1.29, 1.82) is 0 Å². The Kier molecular flexibility index (Phi) is 3.88. The Balaban J connectivity index is 2.00. The fourth-order valence-corrected chi connectivity index (χ4v) is 3.30. The number of fused-ring (bicyclic) bond motifs is 1. The average molecular weight is 298 g/mol. The molecule has 0 unspecified atom stereocenters. The Hall–Kier alpha value is -2.30. The molecule has 1 fully saturated rings. The number of rotatable bonds is 3. The van der Waals surface area contributed by atoms with Crippen LogP contribution in [0, 0.1) is 12.8 Å². The molecule has 116 valence electrons. The SMILES string of the molecule is CNc1c(C)nc(N2CCC(C(N)=O)CC2)c2ccccc12. The highest BCUT2D eigenvalue weighted by molar-refractivity contribution is 6.01. The lowest BCUT2D eigenvalue weighted by Crippen LogP contribution is -2.39. The van der Waals surface area contributed by atoms with E-state index in [9.17, 15) is 4.79 Å². The van der Waals surface area contributed by atoms with E-state index in [1.54, 1.807) is 0 Å². The summed E-state index contributed by atoms with van der Waals surface area (Å²) >= 11 is 0. The summed E-state index contributed by atoms with van der Waals surface area (Å²) in [5.74, 6) is 0.828. The Morgan fingerprint density at radius 1 is 1.27 bits per heavy atom. The number of pyridine rings is 1. The van der Waals surface area contributed by atoms with Gasteiger partial charge in [0.2, 0.25) is 5.91 Å². The fraction of sp³-hybridized carbons (Fsp3) is 0.412. The van der Waals surface area contributed by atoms with Crippen LogP contribution in [0.25, 0.3) is 10.8 Å². The number of benzene rings is 1. The summed E-state index contributed by atoms with van der Waals surface area (Å²) in [6, 6.07) is 8.32. The van der Waals surface area contributed by atoms with E-state index in [0.717, 1.165) is 48.5 Å². The second-order valence-electron chi connectivity index (χ2n) is 5.86. The van der Waals surface area contributed by atoms with Gasteiger partial charge in [0.25, 0.3) is 0 Å². The number of nitrogens with two attached hydrogens (primary N) is 1. The summed E-state index contributed by atoms with van der Waals surface area (Å²) < 4.78 is 0. The molecule has 1 saturated heterocycles. The van der Waals surface area contributed by atoms with Gasteiger partial charge in [-0.2, -0.15) is 0 Å². The van der Waals surface area contributed by atoms with E-state index in [2.05, 4.69) is 22.3 Å². The van der Waals surface area contributed by atoms with Crippen molar-refractivity contribution in [3.05, 3.63) is 30.0 Å². The molecule has 1 aliphatic rings. The van der Waals surface area contributed by atoms with E-state index in [0.29, 0.717) is 0 Å². The highest BCUT2D eigenvalue weighted by Gasteiger charge is 2.25. The van der Waals surface area contributed by atoms with Gasteiger partial charge in [-0.15, -0.1) is 0 Å². The predicted molar refractivity (Wildman–Crippen MR) is 90.2 cm³/mol. The molecule has 3 rings (SSSR count). The summed E-state index contributed by atoms with van der Waals surface area (Å²) in [6.45, 7) is 3.67. The molecule has 0 atom stereocenters. The van der Waals surface area contributed by atoms with Gasteiger partial charge in [-0.3, -0.25) is 4.79 Å². The number of carbonyl (C=O) groups excluding carboxylic acids is 1. The number of piperidine rings is 1. The molecule has 0 aliphatic carbocycles. The van der Waals surface area contributed by atoms with E-state index in [1.165, 1.54) is 5.39 Å². The van der Waals surface area contributed by atoms with Crippen LogP contribution in [-0.2, 0) is 4.79 Å². The number of anilines is 2. The molecule has 0 bridgehead atoms. The molecule has 0 spiro atoms. The van der Waals surface area contributed by atoms with Crippen molar-refractivity contribution in [2.75, 3.05) is 30.4 Å². The van der Waals surface area contributed by atoms with Crippen LogP contribution in [0.3, 0.4) is 0 Å². The lowest BCUT2D eigenvalue weighted by atomic mass is 9.96. The average Bonchev–Trinajstić information content (AvgIpc) is 2.54. The number of nitrogens with zero attached hydrogens (tertiary/aromatic N) is 2. The third-order valence-corrected chi connectivity index (χ3v) is 4.52. The second-order valence-corrected chi connectivity index (χ2v) is 5.86. The van der Waals surface area contributed by atoms with Gasteiger partial charge in [-0.1, -0.05) is 24.3 Å². The van der Waals surface area contributed by atoms with Crippen LogP contribution in [-0.4, -0.2) is 31.0 Å². The maximum atomic E-state index is 11.3. The molecule has 5 heteroatoms.